The Hall–Kier alpha value is -2.49. The Labute approximate surface area is 161 Å². The van der Waals surface area contributed by atoms with Crippen molar-refractivity contribution in [1.82, 2.24) is 0 Å². The summed E-state index contributed by atoms with van der Waals surface area (Å²) in [5, 5.41) is 0. The molecule has 4 heteroatoms. The second kappa shape index (κ2) is 9.85. The van der Waals surface area contributed by atoms with E-state index >= 15 is 0 Å². The summed E-state index contributed by atoms with van der Waals surface area (Å²) in [5.74, 6) is 1.45. The second-order valence-electron chi connectivity index (χ2n) is 5.94. The van der Waals surface area contributed by atoms with Crippen molar-refractivity contribution in [1.29, 1.82) is 0 Å². The maximum absolute atomic E-state index is 6.04. The lowest BCUT2D eigenvalue weighted by Gasteiger charge is -2.14. The molecule has 0 atom stereocenters. The molecule has 0 saturated heterocycles. The van der Waals surface area contributed by atoms with Crippen LogP contribution in [0, 0.1) is 6.92 Å². The Kier molecular flexibility index (Phi) is 7.52. The quantitative estimate of drug-likeness (QED) is 0.637. The number of hydrogen-bond donors (Lipinski definition) is 1. The molecule has 3 rings (SSSR count). The summed E-state index contributed by atoms with van der Waals surface area (Å²) in [6.07, 6.45) is 0. The Bertz CT molecular complexity index is 804. The van der Waals surface area contributed by atoms with Gasteiger partial charge in [-0.1, -0.05) is 66.2 Å². The van der Waals surface area contributed by atoms with Gasteiger partial charge in [0.25, 0.3) is 0 Å². The molecule has 3 aromatic rings. The molecule has 0 fully saturated rings. The molecule has 0 radical (unpaired) electrons. The van der Waals surface area contributed by atoms with Crippen LogP contribution in [0.1, 0.15) is 11.1 Å². The van der Waals surface area contributed by atoms with Gasteiger partial charge >= 0.3 is 0 Å². The van der Waals surface area contributed by atoms with Crippen LogP contribution in [0.15, 0.2) is 72.8 Å². The normalized spacial score (nSPS) is 10.1. The number of nitrogens with two attached hydrogens (primary N) is 1. The summed E-state index contributed by atoms with van der Waals surface area (Å²) in [6, 6.07) is 24.6. The zero-order chi connectivity index (χ0) is 17.5. The van der Waals surface area contributed by atoms with Gasteiger partial charge in [0.2, 0.25) is 0 Å². The summed E-state index contributed by atoms with van der Waals surface area (Å²) < 4.78 is 11.8. The molecule has 0 bridgehead atoms. The van der Waals surface area contributed by atoms with Gasteiger partial charge in [-0.2, -0.15) is 0 Å². The minimum Gasteiger partial charge on any atom is -0.488 e. The molecule has 2 N–H and O–H groups in total. The highest BCUT2D eigenvalue weighted by atomic mass is 35.5. The van der Waals surface area contributed by atoms with Gasteiger partial charge in [-0.25, -0.2) is 0 Å². The number of aryl methyl sites for hydroxylation is 1. The van der Waals surface area contributed by atoms with Crippen molar-refractivity contribution >= 4 is 12.4 Å². The molecule has 0 unspecified atom stereocenters. The Morgan fingerprint density at radius 1 is 0.769 bits per heavy atom. The van der Waals surface area contributed by atoms with E-state index in [9.17, 15) is 0 Å². The fourth-order valence-corrected chi connectivity index (χ4v) is 2.57. The van der Waals surface area contributed by atoms with Crippen LogP contribution in [-0.2, 0) is 6.61 Å². The van der Waals surface area contributed by atoms with Gasteiger partial charge in [0, 0.05) is 6.54 Å². The number of ether oxygens (including phenoxy) is 2. The van der Waals surface area contributed by atoms with Crippen LogP contribution < -0.4 is 15.2 Å². The van der Waals surface area contributed by atoms with Crippen LogP contribution in [0.25, 0.3) is 11.1 Å². The third kappa shape index (κ3) is 5.25. The first-order valence-electron chi connectivity index (χ1n) is 8.47. The standard InChI is InChI=1S/C22H23NO2.ClH/c1-17-7-9-19(10-8-17)20-11-12-21(24-14-13-23)22(15-20)25-16-18-5-3-2-4-6-18;/h2-12,15H,13-14,16,23H2,1H3;1H. The van der Waals surface area contributed by atoms with Crippen LogP contribution >= 0.6 is 12.4 Å². The van der Waals surface area contributed by atoms with Crippen molar-refractivity contribution < 1.29 is 9.47 Å². The molecule has 136 valence electrons. The molecule has 0 spiro atoms. The van der Waals surface area contributed by atoms with Crippen LogP contribution in [-0.4, -0.2) is 13.2 Å². The number of hydrogen-bond acceptors (Lipinski definition) is 3. The number of rotatable bonds is 7. The molecule has 3 aromatic carbocycles. The minimum absolute atomic E-state index is 0. The van der Waals surface area contributed by atoms with Crippen LogP contribution in [0.2, 0.25) is 0 Å². The minimum atomic E-state index is 0. The fourth-order valence-electron chi connectivity index (χ4n) is 2.57. The van der Waals surface area contributed by atoms with E-state index in [2.05, 4.69) is 31.2 Å². The van der Waals surface area contributed by atoms with Gasteiger partial charge < -0.3 is 15.2 Å². The van der Waals surface area contributed by atoms with Gasteiger partial charge in [-0.3, -0.25) is 0 Å². The summed E-state index contributed by atoms with van der Waals surface area (Å²) >= 11 is 0. The highest BCUT2D eigenvalue weighted by Crippen LogP contribution is 2.33. The predicted octanol–water partition coefficient (Wildman–Crippen LogP) is 5.00. The van der Waals surface area contributed by atoms with E-state index in [0.717, 1.165) is 28.2 Å². The molecule has 0 amide bonds. The summed E-state index contributed by atoms with van der Waals surface area (Å²) in [7, 11) is 0. The largest absolute Gasteiger partial charge is 0.488 e. The first kappa shape index (κ1) is 19.8. The molecule has 26 heavy (non-hydrogen) atoms. The van der Waals surface area contributed by atoms with E-state index in [-0.39, 0.29) is 12.4 Å². The lowest BCUT2D eigenvalue weighted by molar-refractivity contribution is 0.266. The zero-order valence-electron chi connectivity index (χ0n) is 14.9. The first-order chi connectivity index (χ1) is 12.3. The maximum atomic E-state index is 6.04. The van der Waals surface area contributed by atoms with Gasteiger partial charge in [-0.15, -0.1) is 12.4 Å². The summed E-state index contributed by atoms with van der Waals surface area (Å²) in [5.41, 5.74) is 10.2. The number of benzene rings is 3. The molecule has 0 heterocycles. The van der Waals surface area contributed by atoms with Crippen molar-refractivity contribution in [3.63, 3.8) is 0 Å². The lowest BCUT2D eigenvalue weighted by Crippen LogP contribution is -2.11. The van der Waals surface area contributed by atoms with Gasteiger partial charge in [0.05, 0.1) is 0 Å². The van der Waals surface area contributed by atoms with E-state index in [1.165, 1.54) is 5.56 Å². The van der Waals surface area contributed by atoms with Crippen LogP contribution in [0.4, 0.5) is 0 Å². The van der Waals surface area contributed by atoms with Gasteiger partial charge in [-0.05, 0) is 35.7 Å². The highest BCUT2D eigenvalue weighted by Gasteiger charge is 2.09. The Morgan fingerprint density at radius 3 is 2.15 bits per heavy atom. The monoisotopic (exact) mass is 369 g/mol. The molecular weight excluding hydrogens is 346 g/mol. The van der Waals surface area contributed by atoms with E-state index in [4.69, 9.17) is 15.2 Å². The molecule has 0 aliphatic carbocycles. The average Bonchev–Trinajstić information content (AvgIpc) is 2.66. The Morgan fingerprint density at radius 2 is 1.46 bits per heavy atom. The molecule has 0 aliphatic heterocycles. The third-order valence-corrected chi connectivity index (χ3v) is 3.94. The van der Waals surface area contributed by atoms with E-state index < -0.39 is 0 Å². The fraction of sp³-hybridized carbons (Fsp3) is 0.182. The maximum Gasteiger partial charge on any atom is 0.162 e. The molecule has 3 nitrogen and oxygen atoms in total. The van der Waals surface area contributed by atoms with Crippen molar-refractivity contribution in [3.05, 3.63) is 83.9 Å². The van der Waals surface area contributed by atoms with Crippen molar-refractivity contribution in [3.8, 4) is 22.6 Å². The molecule has 0 aromatic heterocycles. The number of halogens is 1. The Balaban J connectivity index is 0.00000243. The van der Waals surface area contributed by atoms with Gasteiger partial charge in [0.1, 0.15) is 13.2 Å². The molecule has 0 aliphatic rings. The van der Waals surface area contributed by atoms with Crippen molar-refractivity contribution in [2.24, 2.45) is 5.73 Å². The molecular formula is C22H24ClNO2. The average molecular weight is 370 g/mol. The van der Waals surface area contributed by atoms with Crippen LogP contribution in [0.5, 0.6) is 11.5 Å². The topological polar surface area (TPSA) is 44.5 Å². The van der Waals surface area contributed by atoms with E-state index in [0.29, 0.717) is 19.8 Å². The van der Waals surface area contributed by atoms with Crippen molar-refractivity contribution in [2.45, 2.75) is 13.5 Å². The lowest BCUT2D eigenvalue weighted by atomic mass is 10.0. The molecule has 0 saturated carbocycles. The predicted molar refractivity (Wildman–Crippen MR) is 109 cm³/mol. The van der Waals surface area contributed by atoms with Gasteiger partial charge in [0.15, 0.2) is 11.5 Å². The van der Waals surface area contributed by atoms with E-state index in [1.807, 2.05) is 48.5 Å². The summed E-state index contributed by atoms with van der Waals surface area (Å²) in [4.78, 5) is 0. The SMILES string of the molecule is Cc1ccc(-c2ccc(OCCN)c(OCc3ccccc3)c2)cc1.Cl. The first-order valence-corrected chi connectivity index (χ1v) is 8.47. The van der Waals surface area contributed by atoms with E-state index in [1.54, 1.807) is 0 Å². The second-order valence-corrected chi connectivity index (χ2v) is 5.94. The third-order valence-electron chi connectivity index (χ3n) is 3.94. The highest BCUT2D eigenvalue weighted by molar-refractivity contribution is 5.85. The summed E-state index contributed by atoms with van der Waals surface area (Å²) in [6.45, 7) is 3.52. The van der Waals surface area contributed by atoms with Crippen molar-refractivity contribution in [2.75, 3.05) is 13.2 Å². The van der Waals surface area contributed by atoms with Crippen LogP contribution in [0.3, 0.4) is 0 Å². The smallest absolute Gasteiger partial charge is 0.162 e. The zero-order valence-corrected chi connectivity index (χ0v) is 15.7.